The van der Waals surface area contributed by atoms with Gasteiger partial charge in [-0.25, -0.2) is 0 Å². The van der Waals surface area contributed by atoms with Gasteiger partial charge in [0.05, 0.1) is 39.1 Å². The van der Waals surface area contributed by atoms with Crippen molar-refractivity contribution >= 4 is 0 Å². The highest BCUT2D eigenvalue weighted by Crippen LogP contribution is 2.30. The van der Waals surface area contributed by atoms with Gasteiger partial charge in [0.15, 0.2) is 0 Å². The fourth-order valence-corrected chi connectivity index (χ4v) is 5.25. The van der Waals surface area contributed by atoms with E-state index >= 15 is 0 Å². The molecular weight excluding hydrogens is 486 g/mol. The van der Waals surface area contributed by atoms with Crippen molar-refractivity contribution in [2.45, 2.75) is 63.9 Å². The lowest BCUT2D eigenvalue weighted by atomic mass is 9.86. The molecule has 3 aromatic carbocycles. The molecule has 5 nitrogen and oxygen atoms in total. The number of piperidine rings is 1. The van der Waals surface area contributed by atoms with E-state index in [2.05, 4.69) is 66.0 Å². The zero-order chi connectivity index (χ0) is 26.5. The topological polar surface area (TPSA) is 49.0 Å². The van der Waals surface area contributed by atoms with Gasteiger partial charge in [0, 0.05) is 25.5 Å². The number of nitrogens with one attached hydrogen (secondary N) is 1. The second kappa shape index (κ2) is 15.2. The molecule has 1 aliphatic heterocycles. The van der Waals surface area contributed by atoms with Crippen molar-refractivity contribution < 1.29 is 18.9 Å². The first-order valence-electron chi connectivity index (χ1n) is 14.7. The van der Waals surface area contributed by atoms with Gasteiger partial charge in [0.1, 0.15) is 5.75 Å². The molecule has 2 aliphatic rings. The molecule has 0 amide bonds. The Hall–Kier alpha value is -2.70. The highest BCUT2D eigenvalue weighted by Gasteiger charge is 2.27. The molecule has 5 heteroatoms. The third kappa shape index (κ3) is 8.91. The molecule has 0 radical (unpaired) electrons. The molecule has 0 bridgehead atoms. The Morgan fingerprint density at radius 2 is 1.41 bits per heavy atom. The van der Waals surface area contributed by atoms with Crippen LogP contribution in [0, 0.1) is 5.92 Å². The molecule has 3 aromatic rings. The first-order chi connectivity index (χ1) is 19.3. The number of ether oxygens (including phenoxy) is 4. The fourth-order valence-electron chi connectivity index (χ4n) is 5.25. The van der Waals surface area contributed by atoms with E-state index in [0.29, 0.717) is 39.0 Å². The highest BCUT2D eigenvalue weighted by molar-refractivity contribution is 5.30. The number of rotatable bonds is 15. The summed E-state index contributed by atoms with van der Waals surface area (Å²) in [7, 11) is 0. The van der Waals surface area contributed by atoms with Gasteiger partial charge in [-0.3, -0.25) is 0 Å². The Labute approximate surface area is 233 Å². The van der Waals surface area contributed by atoms with Crippen LogP contribution in [0.3, 0.4) is 0 Å². The van der Waals surface area contributed by atoms with Gasteiger partial charge >= 0.3 is 0 Å². The maximum absolute atomic E-state index is 6.44. The average Bonchev–Trinajstić information content (AvgIpc) is 2.97. The lowest BCUT2D eigenvalue weighted by molar-refractivity contribution is 0.0106. The van der Waals surface area contributed by atoms with Gasteiger partial charge in [-0.1, -0.05) is 73.2 Å². The van der Waals surface area contributed by atoms with Gasteiger partial charge in [0.25, 0.3) is 0 Å². The molecule has 1 saturated carbocycles. The van der Waals surface area contributed by atoms with Gasteiger partial charge in [-0.15, -0.1) is 0 Å². The van der Waals surface area contributed by atoms with E-state index < -0.39 is 0 Å². The van der Waals surface area contributed by atoms with E-state index in [1.165, 1.54) is 41.5 Å². The summed E-state index contributed by atoms with van der Waals surface area (Å²) in [6.45, 7) is 6.11. The van der Waals surface area contributed by atoms with E-state index in [9.17, 15) is 0 Å². The fraction of sp³-hybridized carbons (Fsp3) is 0.471. The Kier molecular flexibility index (Phi) is 10.8. The molecule has 1 heterocycles. The van der Waals surface area contributed by atoms with Crippen molar-refractivity contribution in [1.82, 2.24) is 5.32 Å². The molecule has 0 aromatic heterocycles. The van der Waals surface area contributed by atoms with E-state index in [0.717, 1.165) is 44.2 Å². The molecule has 0 spiro atoms. The lowest BCUT2D eigenvalue weighted by Gasteiger charge is -2.32. The Bertz CT molecular complexity index is 1080. The van der Waals surface area contributed by atoms with Crippen LogP contribution in [-0.2, 0) is 34.0 Å². The standard InChI is InChI=1S/C34H43NO4/c1-2-6-27(7-3-1)23-36-20-5-21-38-32-16-14-31(15-17-32)33-18-19-35-22-34(33)39-26-30-12-10-29(11-13-30)25-37-24-28-8-4-9-28/h1-3,6-7,10-17,28,33-35H,4-5,8-9,18-26H2. The van der Waals surface area contributed by atoms with Gasteiger partial charge in [-0.2, -0.15) is 0 Å². The van der Waals surface area contributed by atoms with E-state index in [4.69, 9.17) is 18.9 Å². The zero-order valence-electron chi connectivity index (χ0n) is 23.1. The molecule has 1 saturated heterocycles. The van der Waals surface area contributed by atoms with E-state index in [1.54, 1.807) is 0 Å². The molecule has 2 unspecified atom stereocenters. The first kappa shape index (κ1) is 27.9. The lowest BCUT2D eigenvalue weighted by Crippen LogP contribution is -2.40. The third-order valence-corrected chi connectivity index (χ3v) is 7.88. The Morgan fingerprint density at radius 1 is 0.692 bits per heavy atom. The van der Waals surface area contributed by atoms with Crippen LogP contribution in [0.15, 0.2) is 78.9 Å². The van der Waals surface area contributed by atoms with Crippen LogP contribution in [0.5, 0.6) is 5.75 Å². The van der Waals surface area contributed by atoms with Crippen molar-refractivity contribution in [2.75, 3.05) is 32.9 Å². The summed E-state index contributed by atoms with van der Waals surface area (Å²) in [5.74, 6) is 2.07. The van der Waals surface area contributed by atoms with Crippen molar-refractivity contribution in [2.24, 2.45) is 5.92 Å². The van der Waals surface area contributed by atoms with Crippen molar-refractivity contribution in [3.05, 3.63) is 101 Å². The average molecular weight is 530 g/mol. The van der Waals surface area contributed by atoms with Crippen LogP contribution in [-0.4, -0.2) is 39.0 Å². The third-order valence-electron chi connectivity index (χ3n) is 7.88. The predicted octanol–water partition coefficient (Wildman–Crippen LogP) is 6.65. The van der Waals surface area contributed by atoms with Crippen LogP contribution in [0.2, 0.25) is 0 Å². The molecule has 1 aliphatic carbocycles. The molecule has 1 N–H and O–H groups in total. The smallest absolute Gasteiger partial charge is 0.119 e. The Morgan fingerprint density at radius 3 is 2.15 bits per heavy atom. The summed E-state index contributed by atoms with van der Waals surface area (Å²) < 4.78 is 24.0. The van der Waals surface area contributed by atoms with Crippen molar-refractivity contribution in [3.8, 4) is 5.75 Å². The van der Waals surface area contributed by atoms with Crippen LogP contribution in [0.4, 0.5) is 0 Å². The maximum Gasteiger partial charge on any atom is 0.119 e. The number of hydrogen-bond donors (Lipinski definition) is 1. The summed E-state index contributed by atoms with van der Waals surface area (Å²) in [5.41, 5.74) is 4.96. The molecule has 39 heavy (non-hydrogen) atoms. The molecular formula is C34H43NO4. The molecule has 2 atom stereocenters. The predicted molar refractivity (Wildman–Crippen MR) is 155 cm³/mol. The zero-order valence-corrected chi connectivity index (χ0v) is 23.1. The van der Waals surface area contributed by atoms with E-state index in [1.807, 2.05) is 18.2 Å². The summed E-state index contributed by atoms with van der Waals surface area (Å²) in [5, 5.41) is 3.51. The highest BCUT2D eigenvalue weighted by atomic mass is 16.5. The molecule has 2 fully saturated rings. The SMILES string of the molecule is c1ccc(COCCCOc2ccc(C3CCNCC3OCc3ccc(COCC4CCC4)cc3)cc2)cc1. The quantitative estimate of drug-likeness (QED) is 0.223. The number of benzene rings is 3. The molecule has 5 rings (SSSR count). The second-order valence-electron chi connectivity index (χ2n) is 10.9. The summed E-state index contributed by atoms with van der Waals surface area (Å²) in [4.78, 5) is 0. The van der Waals surface area contributed by atoms with Crippen LogP contribution in [0.1, 0.15) is 60.3 Å². The summed E-state index contributed by atoms with van der Waals surface area (Å²) >= 11 is 0. The largest absolute Gasteiger partial charge is 0.494 e. The second-order valence-corrected chi connectivity index (χ2v) is 10.9. The first-order valence-corrected chi connectivity index (χ1v) is 14.7. The number of hydrogen-bond acceptors (Lipinski definition) is 5. The van der Waals surface area contributed by atoms with Crippen LogP contribution < -0.4 is 10.1 Å². The molecule has 208 valence electrons. The minimum Gasteiger partial charge on any atom is -0.494 e. The van der Waals surface area contributed by atoms with Gasteiger partial charge in [0.2, 0.25) is 0 Å². The normalized spacial score (nSPS) is 19.5. The van der Waals surface area contributed by atoms with Gasteiger partial charge in [-0.05, 0) is 66.1 Å². The summed E-state index contributed by atoms with van der Waals surface area (Å²) in [6.07, 6.45) is 6.12. The van der Waals surface area contributed by atoms with E-state index in [-0.39, 0.29) is 6.10 Å². The maximum atomic E-state index is 6.44. The van der Waals surface area contributed by atoms with Crippen LogP contribution >= 0.6 is 0 Å². The monoisotopic (exact) mass is 529 g/mol. The van der Waals surface area contributed by atoms with Crippen molar-refractivity contribution in [1.29, 1.82) is 0 Å². The van der Waals surface area contributed by atoms with Crippen LogP contribution in [0.25, 0.3) is 0 Å². The Balaban J connectivity index is 1.02. The minimum absolute atomic E-state index is 0.151. The summed E-state index contributed by atoms with van der Waals surface area (Å²) in [6, 6.07) is 27.5. The minimum atomic E-state index is 0.151. The van der Waals surface area contributed by atoms with Gasteiger partial charge < -0.3 is 24.3 Å². The van der Waals surface area contributed by atoms with Crippen molar-refractivity contribution in [3.63, 3.8) is 0 Å².